The standard InChI is InChI=1S/C16H27ClN4/c1-18-13-14-12-15(17)4-5-16(14)21-10-8-20(9-11-21)7-6-19(2)3/h4-5,12,18H,6-11,13H2,1-3H3. The summed E-state index contributed by atoms with van der Waals surface area (Å²) in [6.07, 6.45) is 0. The molecule has 5 heteroatoms. The van der Waals surface area contributed by atoms with E-state index in [0.717, 1.165) is 50.8 Å². The number of benzene rings is 1. The minimum Gasteiger partial charge on any atom is -0.369 e. The molecule has 0 radical (unpaired) electrons. The number of hydrogen-bond donors (Lipinski definition) is 1. The molecule has 1 aliphatic heterocycles. The van der Waals surface area contributed by atoms with E-state index in [1.165, 1.54) is 11.3 Å². The van der Waals surface area contributed by atoms with Gasteiger partial charge in [0.1, 0.15) is 0 Å². The van der Waals surface area contributed by atoms with Gasteiger partial charge >= 0.3 is 0 Å². The molecule has 0 spiro atoms. The number of piperazine rings is 1. The Morgan fingerprint density at radius 3 is 2.52 bits per heavy atom. The molecule has 1 N–H and O–H groups in total. The fourth-order valence-corrected chi connectivity index (χ4v) is 2.94. The fourth-order valence-electron chi connectivity index (χ4n) is 2.75. The van der Waals surface area contributed by atoms with E-state index < -0.39 is 0 Å². The zero-order valence-corrected chi connectivity index (χ0v) is 14.2. The van der Waals surface area contributed by atoms with Gasteiger partial charge in [-0.05, 0) is 44.9 Å². The highest BCUT2D eigenvalue weighted by Gasteiger charge is 2.19. The summed E-state index contributed by atoms with van der Waals surface area (Å²) in [6.45, 7) is 7.59. The van der Waals surface area contributed by atoms with Crippen molar-refractivity contribution < 1.29 is 0 Å². The summed E-state index contributed by atoms with van der Waals surface area (Å²) < 4.78 is 0. The van der Waals surface area contributed by atoms with E-state index in [4.69, 9.17) is 11.6 Å². The lowest BCUT2D eigenvalue weighted by Crippen LogP contribution is -2.48. The monoisotopic (exact) mass is 310 g/mol. The van der Waals surface area contributed by atoms with Gasteiger partial charge in [-0.15, -0.1) is 0 Å². The van der Waals surface area contributed by atoms with E-state index in [0.29, 0.717) is 0 Å². The maximum atomic E-state index is 6.13. The van der Waals surface area contributed by atoms with Crippen LogP contribution < -0.4 is 10.2 Å². The molecule has 0 amide bonds. The van der Waals surface area contributed by atoms with Gasteiger partial charge in [0.2, 0.25) is 0 Å². The van der Waals surface area contributed by atoms with Crippen molar-refractivity contribution in [3.8, 4) is 0 Å². The number of halogens is 1. The summed E-state index contributed by atoms with van der Waals surface area (Å²) in [7, 11) is 6.24. The highest BCUT2D eigenvalue weighted by Crippen LogP contribution is 2.25. The first kappa shape index (κ1) is 16.6. The van der Waals surface area contributed by atoms with Gasteiger partial charge in [0.15, 0.2) is 0 Å². The van der Waals surface area contributed by atoms with E-state index in [2.05, 4.69) is 46.2 Å². The minimum atomic E-state index is 0.814. The van der Waals surface area contributed by atoms with Gasteiger partial charge in [0.25, 0.3) is 0 Å². The second-order valence-corrected chi connectivity index (χ2v) is 6.37. The maximum absolute atomic E-state index is 6.13. The van der Waals surface area contributed by atoms with Crippen LogP contribution in [0.25, 0.3) is 0 Å². The first-order chi connectivity index (χ1) is 10.1. The number of nitrogens with zero attached hydrogens (tertiary/aromatic N) is 3. The van der Waals surface area contributed by atoms with E-state index in [1.807, 2.05) is 13.1 Å². The van der Waals surface area contributed by atoms with Gasteiger partial charge in [0, 0.05) is 56.5 Å². The Hall–Kier alpha value is -0.810. The van der Waals surface area contributed by atoms with Crippen LogP contribution in [0.15, 0.2) is 18.2 Å². The molecule has 118 valence electrons. The van der Waals surface area contributed by atoms with Crippen LogP contribution in [0.1, 0.15) is 5.56 Å². The molecule has 2 rings (SSSR count). The van der Waals surface area contributed by atoms with Crippen LogP contribution >= 0.6 is 11.6 Å². The normalized spacial score (nSPS) is 16.7. The van der Waals surface area contributed by atoms with Gasteiger partial charge in [-0.2, -0.15) is 0 Å². The molecular formula is C16H27ClN4. The predicted molar refractivity (Wildman–Crippen MR) is 91.4 cm³/mol. The second kappa shape index (κ2) is 7.99. The van der Waals surface area contributed by atoms with Gasteiger partial charge in [-0.1, -0.05) is 11.6 Å². The molecule has 0 aliphatic carbocycles. The molecule has 21 heavy (non-hydrogen) atoms. The van der Waals surface area contributed by atoms with E-state index in [1.54, 1.807) is 0 Å². The average molecular weight is 311 g/mol. The van der Waals surface area contributed by atoms with Crippen LogP contribution in [0, 0.1) is 0 Å². The lowest BCUT2D eigenvalue weighted by Gasteiger charge is -2.37. The maximum Gasteiger partial charge on any atom is 0.0413 e. The third-order valence-corrected chi connectivity index (χ3v) is 4.22. The third-order valence-electron chi connectivity index (χ3n) is 3.99. The molecule has 0 saturated carbocycles. The van der Waals surface area contributed by atoms with Crippen molar-refractivity contribution in [2.24, 2.45) is 0 Å². The second-order valence-electron chi connectivity index (χ2n) is 5.94. The van der Waals surface area contributed by atoms with Gasteiger partial charge in [-0.25, -0.2) is 0 Å². The molecule has 0 bridgehead atoms. The number of likely N-dealkylation sites (N-methyl/N-ethyl adjacent to an activating group) is 1. The average Bonchev–Trinajstić information content (AvgIpc) is 2.46. The molecule has 0 aromatic heterocycles. The first-order valence-corrected chi connectivity index (χ1v) is 8.03. The number of nitrogens with one attached hydrogen (secondary N) is 1. The van der Waals surface area contributed by atoms with Crippen molar-refractivity contribution in [1.29, 1.82) is 0 Å². The van der Waals surface area contributed by atoms with E-state index in [-0.39, 0.29) is 0 Å². The van der Waals surface area contributed by atoms with Crippen LogP contribution in [0.3, 0.4) is 0 Å². The lowest BCUT2D eigenvalue weighted by molar-refractivity contribution is 0.229. The lowest BCUT2D eigenvalue weighted by atomic mass is 10.1. The Balaban J connectivity index is 1.95. The summed E-state index contributed by atoms with van der Waals surface area (Å²) in [5.41, 5.74) is 2.60. The predicted octanol–water partition coefficient (Wildman–Crippen LogP) is 1.74. The molecule has 1 aliphatic rings. The van der Waals surface area contributed by atoms with Crippen molar-refractivity contribution in [2.75, 3.05) is 65.3 Å². The Kier molecular flexibility index (Phi) is 6.30. The molecule has 1 aromatic rings. The largest absolute Gasteiger partial charge is 0.369 e. The highest BCUT2D eigenvalue weighted by atomic mass is 35.5. The van der Waals surface area contributed by atoms with Crippen molar-refractivity contribution in [3.05, 3.63) is 28.8 Å². The summed E-state index contributed by atoms with van der Waals surface area (Å²) in [4.78, 5) is 7.27. The number of rotatable bonds is 6. The third kappa shape index (κ3) is 4.85. The quantitative estimate of drug-likeness (QED) is 0.864. The van der Waals surface area contributed by atoms with Gasteiger partial charge in [0.05, 0.1) is 0 Å². The van der Waals surface area contributed by atoms with Crippen molar-refractivity contribution in [1.82, 2.24) is 15.1 Å². The smallest absolute Gasteiger partial charge is 0.0413 e. The van der Waals surface area contributed by atoms with E-state index in [9.17, 15) is 0 Å². The van der Waals surface area contributed by atoms with Gasteiger partial charge in [-0.3, -0.25) is 4.90 Å². The number of hydrogen-bond acceptors (Lipinski definition) is 4. The minimum absolute atomic E-state index is 0.814. The van der Waals surface area contributed by atoms with Crippen LogP contribution in [-0.2, 0) is 6.54 Å². The molecule has 0 unspecified atom stereocenters. The van der Waals surface area contributed by atoms with E-state index >= 15 is 0 Å². The van der Waals surface area contributed by atoms with Crippen LogP contribution in [-0.4, -0.2) is 70.2 Å². The molecular weight excluding hydrogens is 284 g/mol. The zero-order chi connectivity index (χ0) is 15.2. The first-order valence-electron chi connectivity index (χ1n) is 7.65. The van der Waals surface area contributed by atoms with Crippen molar-refractivity contribution in [2.45, 2.75) is 6.54 Å². The molecule has 1 saturated heterocycles. The van der Waals surface area contributed by atoms with Crippen LogP contribution in [0.4, 0.5) is 5.69 Å². The van der Waals surface area contributed by atoms with Crippen LogP contribution in [0.2, 0.25) is 5.02 Å². The Morgan fingerprint density at radius 2 is 1.90 bits per heavy atom. The summed E-state index contributed by atoms with van der Waals surface area (Å²) in [5.74, 6) is 0. The van der Waals surface area contributed by atoms with Crippen molar-refractivity contribution in [3.63, 3.8) is 0 Å². The highest BCUT2D eigenvalue weighted by molar-refractivity contribution is 6.30. The summed E-state index contributed by atoms with van der Waals surface area (Å²) >= 11 is 6.13. The van der Waals surface area contributed by atoms with Crippen LogP contribution in [0.5, 0.6) is 0 Å². The fraction of sp³-hybridized carbons (Fsp3) is 0.625. The Labute approximate surface area is 133 Å². The molecule has 4 nitrogen and oxygen atoms in total. The topological polar surface area (TPSA) is 21.8 Å². The zero-order valence-electron chi connectivity index (χ0n) is 13.4. The van der Waals surface area contributed by atoms with Crippen molar-refractivity contribution >= 4 is 17.3 Å². The van der Waals surface area contributed by atoms with Gasteiger partial charge < -0.3 is 15.1 Å². The Morgan fingerprint density at radius 1 is 1.19 bits per heavy atom. The number of anilines is 1. The SMILES string of the molecule is CNCc1cc(Cl)ccc1N1CCN(CCN(C)C)CC1. The molecule has 1 fully saturated rings. The summed E-state index contributed by atoms with van der Waals surface area (Å²) in [6, 6.07) is 6.23. The molecule has 0 atom stereocenters. The summed E-state index contributed by atoms with van der Waals surface area (Å²) in [5, 5.41) is 4.04. The molecule has 1 heterocycles. The molecule has 1 aromatic carbocycles. The Bertz CT molecular complexity index is 442.